The van der Waals surface area contributed by atoms with Gasteiger partial charge >= 0.3 is 0 Å². The number of carbonyl (C=O) groups excluding carboxylic acids is 1. The van der Waals surface area contributed by atoms with Gasteiger partial charge in [0.2, 0.25) is 5.91 Å². The molecular formula is C24H29N5OS. The van der Waals surface area contributed by atoms with E-state index in [1.807, 2.05) is 34.9 Å². The van der Waals surface area contributed by atoms with E-state index in [4.69, 9.17) is 0 Å². The number of benzene rings is 1. The van der Waals surface area contributed by atoms with Gasteiger partial charge in [0, 0.05) is 24.0 Å². The summed E-state index contributed by atoms with van der Waals surface area (Å²) in [5.74, 6) is 2.25. The molecule has 3 aromatic rings. The maximum absolute atomic E-state index is 12.7. The first-order valence-electron chi connectivity index (χ1n) is 10.9. The third-order valence-electron chi connectivity index (χ3n) is 6.30. The molecule has 1 aromatic carbocycles. The Labute approximate surface area is 187 Å². The van der Waals surface area contributed by atoms with E-state index < -0.39 is 0 Å². The summed E-state index contributed by atoms with van der Waals surface area (Å²) in [4.78, 5) is 17.0. The first-order chi connectivity index (χ1) is 15.0. The molecule has 1 amide bonds. The normalized spacial score (nSPS) is 21.1. The number of thioether (sulfide) groups is 1. The molecule has 0 bridgehead atoms. The number of para-hydroxylation sites is 1. The predicted molar refractivity (Wildman–Crippen MR) is 124 cm³/mol. The number of carbonyl (C=O) groups is 1. The Morgan fingerprint density at radius 1 is 1.16 bits per heavy atom. The minimum absolute atomic E-state index is 0.0539. The van der Waals surface area contributed by atoms with E-state index >= 15 is 0 Å². The van der Waals surface area contributed by atoms with Crippen molar-refractivity contribution < 1.29 is 4.79 Å². The van der Waals surface area contributed by atoms with Gasteiger partial charge in [-0.15, -0.1) is 10.2 Å². The first-order valence-corrected chi connectivity index (χ1v) is 11.9. The molecule has 1 aliphatic carbocycles. The molecule has 4 rings (SSSR count). The van der Waals surface area contributed by atoms with Gasteiger partial charge in [-0.05, 0) is 48.9 Å². The maximum atomic E-state index is 12.7. The Kier molecular flexibility index (Phi) is 6.70. The second kappa shape index (κ2) is 9.64. The fourth-order valence-corrected chi connectivity index (χ4v) is 5.00. The summed E-state index contributed by atoms with van der Waals surface area (Å²) in [6.45, 7) is 6.59. The quantitative estimate of drug-likeness (QED) is 0.570. The molecule has 1 N–H and O–H groups in total. The molecule has 1 fully saturated rings. The first kappa shape index (κ1) is 21.6. The van der Waals surface area contributed by atoms with Gasteiger partial charge in [-0.1, -0.05) is 56.7 Å². The summed E-state index contributed by atoms with van der Waals surface area (Å²) in [6, 6.07) is 12.2. The van der Waals surface area contributed by atoms with Crippen LogP contribution in [0, 0.1) is 18.8 Å². The molecule has 0 radical (unpaired) electrons. The lowest BCUT2D eigenvalue weighted by atomic mass is 9.78. The van der Waals surface area contributed by atoms with E-state index in [1.54, 1.807) is 12.4 Å². The Hall–Kier alpha value is -2.67. The highest BCUT2D eigenvalue weighted by atomic mass is 32.2. The molecule has 3 atom stereocenters. The average Bonchev–Trinajstić information content (AvgIpc) is 3.20. The Morgan fingerprint density at radius 2 is 2.00 bits per heavy atom. The zero-order valence-electron chi connectivity index (χ0n) is 18.3. The summed E-state index contributed by atoms with van der Waals surface area (Å²) in [5.41, 5.74) is 3.01. The molecular weight excluding hydrogens is 406 g/mol. The maximum Gasteiger partial charge on any atom is 0.230 e. The molecule has 1 saturated carbocycles. The Balaban J connectivity index is 1.55. The number of nitrogens with zero attached hydrogens (tertiary/aromatic N) is 4. The molecule has 2 heterocycles. The van der Waals surface area contributed by atoms with Gasteiger partial charge in [0.25, 0.3) is 0 Å². The lowest BCUT2D eigenvalue weighted by Gasteiger charge is -2.34. The molecule has 1 aliphatic rings. The van der Waals surface area contributed by atoms with Crippen molar-refractivity contribution in [2.75, 3.05) is 5.75 Å². The molecule has 7 heteroatoms. The van der Waals surface area contributed by atoms with Crippen LogP contribution in [-0.2, 0) is 4.79 Å². The topological polar surface area (TPSA) is 72.7 Å². The molecule has 2 aromatic heterocycles. The molecule has 0 saturated heterocycles. The van der Waals surface area contributed by atoms with Crippen molar-refractivity contribution in [1.82, 2.24) is 25.1 Å². The molecule has 6 nitrogen and oxygen atoms in total. The summed E-state index contributed by atoms with van der Waals surface area (Å²) in [6.07, 6.45) is 7.02. The van der Waals surface area contributed by atoms with Gasteiger partial charge in [0.1, 0.15) is 0 Å². The summed E-state index contributed by atoms with van der Waals surface area (Å²) in [5, 5.41) is 12.8. The van der Waals surface area contributed by atoms with Crippen LogP contribution < -0.4 is 5.32 Å². The van der Waals surface area contributed by atoms with Crippen molar-refractivity contribution in [3.63, 3.8) is 0 Å². The highest BCUT2D eigenvalue weighted by Gasteiger charge is 2.28. The van der Waals surface area contributed by atoms with Crippen LogP contribution in [0.2, 0.25) is 0 Å². The van der Waals surface area contributed by atoms with E-state index in [-0.39, 0.29) is 11.9 Å². The summed E-state index contributed by atoms with van der Waals surface area (Å²) in [7, 11) is 0. The van der Waals surface area contributed by atoms with Crippen LogP contribution in [0.1, 0.15) is 38.7 Å². The number of hydrogen-bond donors (Lipinski definition) is 1. The van der Waals surface area contributed by atoms with Crippen molar-refractivity contribution in [1.29, 1.82) is 0 Å². The van der Waals surface area contributed by atoms with Crippen LogP contribution in [0.25, 0.3) is 17.1 Å². The zero-order chi connectivity index (χ0) is 21.8. The second-order valence-corrected chi connectivity index (χ2v) is 9.34. The number of aryl methyl sites for hydroxylation is 1. The number of aromatic nitrogens is 4. The van der Waals surface area contributed by atoms with Crippen LogP contribution in [-0.4, -0.2) is 37.5 Å². The standard InChI is InChI=1S/C24H29N5OS/c1-16-9-6-11-20(18(16)3)26-22(30)15-31-24-28-27-23(19-10-7-13-25-14-19)29(24)21-12-5-4-8-17(21)2/h4-5,7-8,10,12-14,16,18,20H,6,9,11,15H2,1-3H3,(H,26,30)/t16-,18-,20+/m0/s1. The fourth-order valence-electron chi connectivity index (χ4n) is 4.24. The average molecular weight is 436 g/mol. The monoisotopic (exact) mass is 435 g/mol. The number of nitrogens with one attached hydrogen (secondary N) is 1. The molecule has 162 valence electrons. The lowest BCUT2D eigenvalue weighted by Crippen LogP contribution is -2.44. The smallest absolute Gasteiger partial charge is 0.230 e. The third kappa shape index (κ3) is 4.82. The van der Waals surface area contributed by atoms with Crippen LogP contribution in [0.3, 0.4) is 0 Å². The van der Waals surface area contributed by atoms with Crippen LogP contribution in [0.5, 0.6) is 0 Å². The van der Waals surface area contributed by atoms with E-state index in [0.717, 1.165) is 29.1 Å². The van der Waals surface area contributed by atoms with Crippen molar-refractivity contribution in [3.8, 4) is 17.1 Å². The minimum atomic E-state index is 0.0539. The van der Waals surface area contributed by atoms with Gasteiger partial charge in [0.15, 0.2) is 11.0 Å². The van der Waals surface area contributed by atoms with Crippen LogP contribution in [0.4, 0.5) is 0 Å². The van der Waals surface area contributed by atoms with E-state index in [0.29, 0.717) is 22.7 Å². The molecule has 31 heavy (non-hydrogen) atoms. The van der Waals surface area contributed by atoms with Crippen molar-refractivity contribution >= 4 is 17.7 Å². The van der Waals surface area contributed by atoms with Gasteiger partial charge < -0.3 is 5.32 Å². The van der Waals surface area contributed by atoms with E-state index in [9.17, 15) is 4.79 Å². The minimum Gasteiger partial charge on any atom is -0.352 e. The lowest BCUT2D eigenvalue weighted by molar-refractivity contribution is -0.120. The zero-order valence-corrected chi connectivity index (χ0v) is 19.1. The van der Waals surface area contributed by atoms with Crippen molar-refractivity contribution in [3.05, 3.63) is 54.4 Å². The van der Waals surface area contributed by atoms with Gasteiger partial charge in [0.05, 0.1) is 11.4 Å². The molecule has 0 unspecified atom stereocenters. The van der Waals surface area contributed by atoms with Gasteiger partial charge in [-0.3, -0.25) is 14.3 Å². The highest BCUT2D eigenvalue weighted by molar-refractivity contribution is 7.99. The molecule has 0 spiro atoms. The van der Waals surface area contributed by atoms with Gasteiger partial charge in [-0.2, -0.15) is 0 Å². The van der Waals surface area contributed by atoms with E-state index in [2.05, 4.69) is 47.3 Å². The third-order valence-corrected chi connectivity index (χ3v) is 7.22. The number of hydrogen-bond acceptors (Lipinski definition) is 5. The van der Waals surface area contributed by atoms with Crippen LogP contribution in [0.15, 0.2) is 53.9 Å². The SMILES string of the molecule is Cc1ccccc1-n1c(SCC(=O)N[C@@H]2CCC[C@H](C)[C@@H]2C)nnc1-c1cccnc1. The summed E-state index contributed by atoms with van der Waals surface area (Å²) < 4.78 is 2.02. The largest absolute Gasteiger partial charge is 0.352 e. The number of amides is 1. The van der Waals surface area contributed by atoms with Crippen molar-refractivity contribution in [2.24, 2.45) is 11.8 Å². The number of pyridine rings is 1. The second-order valence-electron chi connectivity index (χ2n) is 8.40. The van der Waals surface area contributed by atoms with Crippen LogP contribution >= 0.6 is 11.8 Å². The molecule has 0 aliphatic heterocycles. The van der Waals surface area contributed by atoms with Gasteiger partial charge in [-0.25, -0.2) is 0 Å². The van der Waals surface area contributed by atoms with E-state index in [1.165, 1.54) is 24.6 Å². The summed E-state index contributed by atoms with van der Waals surface area (Å²) >= 11 is 1.42. The number of rotatable bonds is 6. The predicted octanol–water partition coefficient (Wildman–Crippen LogP) is 4.67. The highest BCUT2D eigenvalue weighted by Crippen LogP contribution is 2.31. The van der Waals surface area contributed by atoms with Crippen molar-refractivity contribution in [2.45, 2.75) is 51.2 Å². The Morgan fingerprint density at radius 3 is 2.77 bits per heavy atom. The fraction of sp³-hybridized carbons (Fsp3) is 0.417. The Bertz CT molecular complexity index is 1040.